The SMILES string of the molecule is Cn1c(Cl)cc(=O)n(C(C)(C)C)c1=O. The van der Waals surface area contributed by atoms with E-state index in [4.69, 9.17) is 11.6 Å². The van der Waals surface area contributed by atoms with E-state index in [1.54, 1.807) is 20.8 Å². The average Bonchev–Trinajstić information content (AvgIpc) is 1.97. The summed E-state index contributed by atoms with van der Waals surface area (Å²) in [7, 11) is 1.53. The zero-order chi connectivity index (χ0) is 11.1. The van der Waals surface area contributed by atoms with Gasteiger partial charge in [-0.25, -0.2) is 4.79 Å². The van der Waals surface area contributed by atoms with Crippen LogP contribution < -0.4 is 11.2 Å². The van der Waals surface area contributed by atoms with Gasteiger partial charge in [-0.05, 0) is 20.8 Å². The number of halogens is 1. The predicted octanol–water partition coefficient (Wildman–Crippen LogP) is 0.955. The molecular weight excluding hydrogens is 204 g/mol. The van der Waals surface area contributed by atoms with E-state index < -0.39 is 11.2 Å². The van der Waals surface area contributed by atoms with Gasteiger partial charge >= 0.3 is 5.69 Å². The first-order chi connectivity index (χ1) is 6.25. The second-order valence-corrected chi connectivity index (χ2v) is 4.54. The maximum Gasteiger partial charge on any atom is 0.332 e. The van der Waals surface area contributed by atoms with Crippen molar-refractivity contribution in [2.75, 3.05) is 0 Å². The molecule has 0 aliphatic rings. The van der Waals surface area contributed by atoms with Crippen molar-refractivity contribution in [1.82, 2.24) is 9.13 Å². The molecule has 0 fully saturated rings. The van der Waals surface area contributed by atoms with Crippen LogP contribution in [-0.2, 0) is 12.6 Å². The summed E-state index contributed by atoms with van der Waals surface area (Å²) in [6, 6.07) is 1.24. The van der Waals surface area contributed by atoms with Crippen LogP contribution in [0.2, 0.25) is 5.15 Å². The first-order valence-corrected chi connectivity index (χ1v) is 4.62. The maximum absolute atomic E-state index is 11.7. The third-order valence-electron chi connectivity index (χ3n) is 1.93. The van der Waals surface area contributed by atoms with E-state index >= 15 is 0 Å². The van der Waals surface area contributed by atoms with Gasteiger partial charge < -0.3 is 0 Å². The van der Waals surface area contributed by atoms with Crippen molar-refractivity contribution in [3.8, 4) is 0 Å². The first kappa shape index (κ1) is 11.0. The Bertz CT molecular complexity index is 465. The fourth-order valence-corrected chi connectivity index (χ4v) is 1.38. The molecule has 0 atom stereocenters. The molecule has 5 heteroatoms. The summed E-state index contributed by atoms with van der Waals surface area (Å²) in [5, 5.41) is 0.153. The number of rotatable bonds is 0. The second kappa shape index (κ2) is 3.28. The van der Waals surface area contributed by atoms with Crippen LogP contribution in [0.15, 0.2) is 15.7 Å². The Balaban J connectivity index is 3.71. The Morgan fingerprint density at radius 2 is 1.79 bits per heavy atom. The summed E-state index contributed by atoms with van der Waals surface area (Å²) < 4.78 is 2.42. The maximum atomic E-state index is 11.7. The lowest BCUT2D eigenvalue weighted by molar-refractivity contribution is 0.358. The van der Waals surface area contributed by atoms with Crippen LogP contribution in [0.25, 0.3) is 0 Å². The van der Waals surface area contributed by atoms with Crippen LogP contribution >= 0.6 is 11.6 Å². The van der Waals surface area contributed by atoms with Gasteiger partial charge in [0, 0.05) is 18.7 Å². The van der Waals surface area contributed by atoms with E-state index in [9.17, 15) is 9.59 Å². The molecule has 0 spiro atoms. The van der Waals surface area contributed by atoms with Crippen LogP contribution in [0.5, 0.6) is 0 Å². The van der Waals surface area contributed by atoms with E-state index in [2.05, 4.69) is 0 Å². The van der Waals surface area contributed by atoms with E-state index in [1.807, 2.05) is 0 Å². The molecule has 1 rings (SSSR count). The van der Waals surface area contributed by atoms with Crippen molar-refractivity contribution >= 4 is 11.6 Å². The third kappa shape index (κ3) is 1.75. The molecule has 14 heavy (non-hydrogen) atoms. The van der Waals surface area contributed by atoms with Gasteiger partial charge in [0.1, 0.15) is 5.15 Å². The highest BCUT2D eigenvalue weighted by molar-refractivity contribution is 6.29. The molecule has 1 aromatic rings. The molecule has 0 radical (unpaired) electrons. The third-order valence-corrected chi connectivity index (χ3v) is 2.30. The minimum Gasteiger partial charge on any atom is -0.287 e. The van der Waals surface area contributed by atoms with E-state index in [0.717, 1.165) is 0 Å². The standard InChI is InChI=1S/C9H13ClN2O2/c1-9(2,3)12-7(13)5-6(10)11(4)8(12)14/h5H,1-4H3. The molecule has 0 N–H and O–H groups in total. The molecule has 1 heterocycles. The summed E-state index contributed by atoms with van der Waals surface area (Å²) >= 11 is 5.69. The monoisotopic (exact) mass is 216 g/mol. The minimum atomic E-state index is -0.531. The number of nitrogens with zero attached hydrogens (tertiary/aromatic N) is 2. The smallest absolute Gasteiger partial charge is 0.287 e. The van der Waals surface area contributed by atoms with Crippen LogP contribution in [0.3, 0.4) is 0 Å². The van der Waals surface area contributed by atoms with Gasteiger partial charge in [-0.15, -0.1) is 0 Å². The second-order valence-electron chi connectivity index (χ2n) is 4.15. The molecule has 0 unspecified atom stereocenters. The van der Waals surface area contributed by atoms with Gasteiger partial charge in [0.2, 0.25) is 0 Å². The molecule has 1 aromatic heterocycles. The highest BCUT2D eigenvalue weighted by Gasteiger charge is 2.19. The van der Waals surface area contributed by atoms with Crippen LogP contribution in [0.4, 0.5) is 0 Å². The summed E-state index contributed by atoms with van der Waals surface area (Å²) in [6.45, 7) is 5.39. The van der Waals surface area contributed by atoms with Crippen molar-refractivity contribution in [3.63, 3.8) is 0 Å². The quantitative estimate of drug-likeness (QED) is 0.607. The molecular formula is C9H13ClN2O2. The molecule has 78 valence electrons. The predicted molar refractivity (Wildman–Crippen MR) is 55.9 cm³/mol. The summed E-state index contributed by atoms with van der Waals surface area (Å²) in [5.41, 5.74) is -1.29. The fourth-order valence-electron chi connectivity index (χ4n) is 1.22. The Morgan fingerprint density at radius 3 is 2.21 bits per heavy atom. The van der Waals surface area contributed by atoms with Gasteiger partial charge in [-0.1, -0.05) is 11.6 Å². The summed E-state index contributed by atoms with van der Waals surface area (Å²) in [5.74, 6) is 0. The van der Waals surface area contributed by atoms with E-state index in [0.29, 0.717) is 0 Å². The molecule has 0 saturated heterocycles. The highest BCUT2D eigenvalue weighted by atomic mass is 35.5. The van der Waals surface area contributed by atoms with Gasteiger partial charge in [0.05, 0.1) is 0 Å². The van der Waals surface area contributed by atoms with Crippen LogP contribution in [0.1, 0.15) is 20.8 Å². The van der Waals surface area contributed by atoms with Gasteiger partial charge in [0.25, 0.3) is 5.56 Å². The average molecular weight is 217 g/mol. The number of hydrogen-bond donors (Lipinski definition) is 0. The Hall–Kier alpha value is -1.03. The number of aromatic nitrogens is 2. The van der Waals surface area contributed by atoms with Gasteiger partial charge in [-0.3, -0.25) is 13.9 Å². The zero-order valence-corrected chi connectivity index (χ0v) is 9.42. The Kier molecular flexibility index (Phi) is 2.58. The van der Waals surface area contributed by atoms with Crippen molar-refractivity contribution in [1.29, 1.82) is 0 Å². The lowest BCUT2D eigenvalue weighted by Gasteiger charge is -2.21. The first-order valence-electron chi connectivity index (χ1n) is 4.24. The lowest BCUT2D eigenvalue weighted by Crippen LogP contribution is -2.46. The molecule has 0 saturated carbocycles. The molecule has 0 amide bonds. The van der Waals surface area contributed by atoms with E-state index in [-0.39, 0.29) is 10.7 Å². The van der Waals surface area contributed by atoms with Crippen molar-refractivity contribution in [2.45, 2.75) is 26.3 Å². The van der Waals surface area contributed by atoms with Crippen LogP contribution in [-0.4, -0.2) is 9.13 Å². The molecule has 0 aliphatic carbocycles. The van der Waals surface area contributed by atoms with Gasteiger partial charge in [-0.2, -0.15) is 0 Å². The van der Waals surface area contributed by atoms with Gasteiger partial charge in [0.15, 0.2) is 0 Å². The fraction of sp³-hybridized carbons (Fsp3) is 0.556. The Morgan fingerprint density at radius 1 is 1.29 bits per heavy atom. The minimum absolute atomic E-state index is 0.153. The number of hydrogen-bond acceptors (Lipinski definition) is 2. The summed E-state index contributed by atoms with van der Waals surface area (Å²) in [4.78, 5) is 23.2. The molecule has 0 aliphatic heterocycles. The Labute approximate surface area is 86.7 Å². The van der Waals surface area contributed by atoms with E-state index in [1.165, 1.54) is 22.2 Å². The largest absolute Gasteiger partial charge is 0.332 e. The topological polar surface area (TPSA) is 44.0 Å². The zero-order valence-electron chi connectivity index (χ0n) is 8.67. The lowest BCUT2D eigenvalue weighted by atomic mass is 10.1. The molecule has 0 bridgehead atoms. The van der Waals surface area contributed by atoms with Crippen LogP contribution in [0, 0.1) is 0 Å². The van der Waals surface area contributed by atoms with Crippen molar-refractivity contribution in [2.24, 2.45) is 7.05 Å². The summed E-state index contributed by atoms with van der Waals surface area (Å²) in [6.07, 6.45) is 0. The molecule has 0 aromatic carbocycles. The van der Waals surface area contributed by atoms with Crippen molar-refractivity contribution in [3.05, 3.63) is 32.1 Å². The molecule has 4 nitrogen and oxygen atoms in total. The van der Waals surface area contributed by atoms with Crippen molar-refractivity contribution < 1.29 is 0 Å². The normalized spacial score (nSPS) is 11.8. The highest BCUT2D eigenvalue weighted by Crippen LogP contribution is 2.08.